The van der Waals surface area contributed by atoms with Crippen molar-refractivity contribution in [2.24, 2.45) is 5.92 Å². The van der Waals surface area contributed by atoms with Crippen LogP contribution < -0.4 is 0 Å². The highest BCUT2D eigenvalue weighted by atomic mass is 16.5. The molecule has 76 valence electrons. The molecular weight excluding hydrogens is 164 g/mol. The van der Waals surface area contributed by atoms with Gasteiger partial charge in [-0.2, -0.15) is 0 Å². The Balaban J connectivity index is 3.50. The summed E-state index contributed by atoms with van der Waals surface area (Å²) in [5.74, 6) is 0.207. The van der Waals surface area contributed by atoms with Crippen molar-refractivity contribution in [3.8, 4) is 0 Å². The predicted octanol–water partition coefficient (Wildman–Crippen LogP) is 2.93. The van der Waals surface area contributed by atoms with Crippen molar-refractivity contribution in [3.05, 3.63) is 12.2 Å². The zero-order chi connectivity index (χ0) is 10.1. The Labute approximate surface area is 81.0 Å². The summed E-state index contributed by atoms with van der Waals surface area (Å²) in [5, 5.41) is 0. The summed E-state index contributed by atoms with van der Waals surface area (Å²) in [6.07, 6.45) is 6.50. The lowest BCUT2D eigenvalue weighted by Crippen LogP contribution is -2.09. The average molecular weight is 184 g/mol. The van der Waals surface area contributed by atoms with E-state index in [4.69, 9.17) is 4.74 Å². The molecule has 0 bridgehead atoms. The maximum absolute atomic E-state index is 11.1. The Morgan fingerprint density at radius 1 is 1.54 bits per heavy atom. The number of esters is 1. The van der Waals surface area contributed by atoms with Crippen LogP contribution in [0.4, 0.5) is 0 Å². The minimum absolute atomic E-state index is 0.0842. The number of hydrogen-bond donors (Lipinski definition) is 0. The van der Waals surface area contributed by atoms with E-state index in [1.54, 1.807) is 0 Å². The average Bonchev–Trinajstić information content (AvgIpc) is 2.05. The van der Waals surface area contributed by atoms with E-state index in [1.165, 1.54) is 0 Å². The third kappa shape index (κ3) is 7.57. The first-order valence-corrected chi connectivity index (χ1v) is 4.99. The van der Waals surface area contributed by atoms with E-state index in [2.05, 4.69) is 6.92 Å². The van der Waals surface area contributed by atoms with E-state index in [0.717, 1.165) is 12.8 Å². The van der Waals surface area contributed by atoms with Gasteiger partial charge in [0.1, 0.15) is 0 Å². The van der Waals surface area contributed by atoms with E-state index < -0.39 is 0 Å². The minimum Gasteiger partial charge on any atom is -0.466 e. The lowest BCUT2D eigenvalue weighted by Gasteiger charge is -2.06. The van der Waals surface area contributed by atoms with Crippen molar-refractivity contribution in [1.82, 2.24) is 0 Å². The number of hydrogen-bond acceptors (Lipinski definition) is 2. The molecule has 2 nitrogen and oxygen atoms in total. The lowest BCUT2D eigenvalue weighted by atomic mass is 10.1. The zero-order valence-electron chi connectivity index (χ0n) is 8.88. The molecule has 0 aromatic heterocycles. The van der Waals surface area contributed by atoms with Crippen LogP contribution >= 0.6 is 0 Å². The molecule has 0 aliphatic heterocycles. The SMILES string of the molecule is CC=CC(C)CC(=O)OCCCC. The summed E-state index contributed by atoms with van der Waals surface area (Å²) in [7, 11) is 0. The van der Waals surface area contributed by atoms with Crippen LogP contribution in [0.1, 0.15) is 40.0 Å². The second-order valence-corrected chi connectivity index (χ2v) is 3.28. The van der Waals surface area contributed by atoms with Crippen molar-refractivity contribution < 1.29 is 9.53 Å². The molecule has 0 aliphatic rings. The quantitative estimate of drug-likeness (QED) is 0.360. The predicted molar refractivity (Wildman–Crippen MR) is 54.5 cm³/mol. The standard InChI is InChI=1S/C11H20O2/c1-4-6-8-13-11(12)9-10(3)7-5-2/h5,7,10H,4,6,8-9H2,1-3H3. The Kier molecular flexibility index (Phi) is 7.36. The molecule has 2 heteroatoms. The molecule has 0 aliphatic carbocycles. The van der Waals surface area contributed by atoms with Crippen molar-refractivity contribution >= 4 is 5.97 Å². The summed E-state index contributed by atoms with van der Waals surface area (Å²) < 4.78 is 5.03. The molecule has 1 atom stereocenters. The molecule has 0 radical (unpaired) electrons. The van der Waals surface area contributed by atoms with Crippen LogP contribution in [0.25, 0.3) is 0 Å². The van der Waals surface area contributed by atoms with Crippen LogP contribution in [0.15, 0.2) is 12.2 Å². The van der Waals surface area contributed by atoms with Gasteiger partial charge in [0.05, 0.1) is 13.0 Å². The first kappa shape index (κ1) is 12.2. The Morgan fingerprint density at radius 2 is 2.23 bits per heavy atom. The van der Waals surface area contributed by atoms with Crippen LogP contribution in [0, 0.1) is 5.92 Å². The number of rotatable bonds is 6. The maximum atomic E-state index is 11.1. The van der Waals surface area contributed by atoms with Gasteiger partial charge in [-0.15, -0.1) is 0 Å². The lowest BCUT2D eigenvalue weighted by molar-refractivity contribution is -0.144. The molecular formula is C11H20O2. The van der Waals surface area contributed by atoms with Gasteiger partial charge in [-0.05, 0) is 19.3 Å². The van der Waals surface area contributed by atoms with Crippen LogP contribution in [0.2, 0.25) is 0 Å². The van der Waals surface area contributed by atoms with Gasteiger partial charge in [-0.25, -0.2) is 0 Å². The Bertz CT molecular complexity index is 161. The van der Waals surface area contributed by atoms with Gasteiger partial charge in [0.15, 0.2) is 0 Å². The highest BCUT2D eigenvalue weighted by Gasteiger charge is 2.06. The highest BCUT2D eigenvalue weighted by Crippen LogP contribution is 2.05. The van der Waals surface area contributed by atoms with Crippen molar-refractivity contribution in [2.75, 3.05) is 6.61 Å². The van der Waals surface area contributed by atoms with E-state index >= 15 is 0 Å². The zero-order valence-corrected chi connectivity index (χ0v) is 8.88. The van der Waals surface area contributed by atoms with Crippen LogP contribution in [-0.2, 0) is 9.53 Å². The topological polar surface area (TPSA) is 26.3 Å². The molecule has 0 rings (SSSR count). The fraction of sp³-hybridized carbons (Fsp3) is 0.727. The third-order valence-electron chi connectivity index (χ3n) is 1.77. The van der Waals surface area contributed by atoms with E-state index in [9.17, 15) is 4.79 Å². The van der Waals surface area contributed by atoms with Gasteiger partial charge in [0.2, 0.25) is 0 Å². The fourth-order valence-corrected chi connectivity index (χ4v) is 1.05. The molecule has 0 fully saturated rings. The molecule has 0 N–H and O–H groups in total. The number of unbranched alkanes of at least 4 members (excludes halogenated alkanes) is 1. The third-order valence-corrected chi connectivity index (χ3v) is 1.77. The minimum atomic E-state index is -0.0842. The first-order chi connectivity index (χ1) is 6.20. The van der Waals surface area contributed by atoms with Crippen molar-refractivity contribution in [3.63, 3.8) is 0 Å². The molecule has 13 heavy (non-hydrogen) atoms. The van der Waals surface area contributed by atoms with E-state index in [0.29, 0.717) is 18.9 Å². The largest absolute Gasteiger partial charge is 0.466 e. The van der Waals surface area contributed by atoms with Crippen LogP contribution in [-0.4, -0.2) is 12.6 Å². The molecule has 0 saturated heterocycles. The molecule has 1 unspecified atom stereocenters. The van der Waals surface area contributed by atoms with Gasteiger partial charge in [0.25, 0.3) is 0 Å². The number of ether oxygens (including phenoxy) is 1. The Morgan fingerprint density at radius 3 is 2.77 bits per heavy atom. The second kappa shape index (κ2) is 7.84. The van der Waals surface area contributed by atoms with Crippen molar-refractivity contribution in [2.45, 2.75) is 40.0 Å². The molecule has 0 aromatic carbocycles. The summed E-state index contributed by atoms with van der Waals surface area (Å²) in [5.41, 5.74) is 0. The van der Waals surface area contributed by atoms with Gasteiger partial charge in [-0.3, -0.25) is 4.79 Å². The summed E-state index contributed by atoms with van der Waals surface area (Å²) in [6, 6.07) is 0. The van der Waals surface area contributed by atoms with Crippen molar-refractivity contribution in [1.29, 1.82) is 0 Å². The van der Waals surface area contributed by atoms with Crippen LogP contribution in [0.3, 0.4) is 0 Å². The number of carbonyl (C=O) groups is 1. The van der Waals surface area contributed by atoms with Gasteiger partial charge >= 0.3 is 5.97 Å². The van der Waals surface area contributed by atoms with E-state index in [1.807, 2.05) is 26.0 Å². The number of allylic oxidation sites excluding steroid dienone is 2. The maximum Gasteiger partial charge on any atom is 0.306 e. The second-order valence-electron chi connectivity index (χ2n) is 3.28. The summed E-state index contributed by atoms with van der Waals surface area (Å²) in [4.78, 5) is 11.1. The summed E-state index contributed by atoms with van der Waals surface area (Å²) in [6.45, 7) is 6.62. The normalized spacial score (nSPS) is 13.2. The molecule has 0 spiro atoms. The van der Waals surface area contributed by atoms with Gasteiger partial charge in [-0.1, -0.05) is 32.4 Å². The molecule has 0 heterocycles. The van der Waals surface area contributed by atoms with E-state index in [-0.39, 0.29) is 5.97 Å². The number of carbonyl (C=O) groups excluding carboxylic acids is 1. The summed E-state index contributed by atoms with van der Waals surface area (Å²) >= 11 is 0. The van der Waals surface area contributed by atoms with Gasteiger partial charge in [0, 0.05) is 0 Å². The highest BCUT2D eigenvalue weighted by molar-refractivity contribution is 5.69. The first-order valence-electron chi connectivity index (χ1n) is 4.99. The molecule has 0 amide bonds. The smallest absolute Gasteiger partial charge is 0.306 e. The van der Waals surface area contributed by atoms with Gasteiger partial charge < -0.3 is 4.74 Å². The van der Waals surface area contributed by atoms with Crippen LogP contribution in [0.5, 0.6) is 0 Å². The molecule has 0 saturated carbocycles. The molecule has 0 aromatic rings. The Hall–Kier alpha value is -0.790. The monoisotopic (exact) mass is 184 g/mol. The fourth-order valence-electron chi connectivity index (χ4n) is 1.05.